The van der Waals surface area contributed by atoms with Crippen molar-refractivity contribution in [2.24, 2.45) is 0 Å². The van der Waals surface area contributed by atoms with Gasteiger partial charge in [0.1, 0.15) is 12.4 Å². The zero-order valence-electron chi connectivity index (χ0n) is 16.6. The van der Waals surface area contributed by atoms with Crippen molar-refractivity contribution in [3.05, 3.63) is 59.9 Å². The number of ether oxygens (including phenoxy) is 1. The van der Waals surface area contributed by atoms with Gasteiger partial charge >= 0.3 is 0 Å². The van der Waals surface area contributed by atoms with Crippen molar-refractivity contribution in [1.29, 1.82) is 0 Å². The maximum absolute atomic E-state index is 12.0. The number of hydrogen-bond acceptors (Lipinski definition) is 4. The van der Waals surface area contributed by atoms with Crippen molar-refractivity contribution in [3.8, 4) is 5.75 Å². The van der Waals surface area contributed by atoms with Gasteiger partial charge in [-0.1, -0.05) is 24.6 Å². The van der Waals surface area contributed by atoms with E-state index in [-0.39, 0.29) is 5.91 Å². The number of rotatable bonds is 5. The lowest BCUT2D eigenvalue weighted by Gasteiger charge is -2.32. The number of benzene rings is 1. The summed E-state index contributed by atoms with van der Waals surface area (Å²) in [5.41, 5.74) is 2.19. The van der Waals surface area contributed by atoms with Gasteiger partial charge in [-0.3, -0.25) is 14.7 Å². The van der Waals surface area contributed by atoms with Crippen LogP contribution in [0.3, 0.4) is 0 Å². The lowest BCUT2D eigenvalue weighted by atomic mass is 10.0. The molecule has 2 fully saturated rings. The minimum absolute atomic E-state index is 0.222. The van der Waals surface area contributed by atoms with E-state index in [4.69, 9.17) is 4.74 Å². The largest absolute Gasteiger partial charge is 0.487 e. The van der Waals surface area contributed by atoms with Gasteiger partial charge in [0.15, 0.2) is 0 Å². The molecule has 5 heteroatoms. The zero-order chi connectivity index (χ0) is 19.3. The molecule has 0 spiro atoms. The standard InChI is InChI=1S/C23H29N3O2/c1-18(27)26-14-11-22-23(26)10-3-5-13-25(22)16-19-7-6-9-21(15-19)28-17-20-8-2-4-12-24-20/h2,4,6-9,12,15,22-23H,3,5,10-11,13-14,16-17H2,1H3/t22-,23-/m1/s1. The second kappa shape index (κ2) is 8.74. The van der Waals surface area contributed by atoms with Crippen LogP contribution in [0.5, 0.6) is 5.75 Å². The third kappa shape index (κ3) is 4.36. The first-order valence-electron chi connectivity index (χ1n) is 10.3. The van der Waals surface area contributed by atoms with Gasteiger partial charge in [0.2, 0.25) is 5.91 Å². The molecular weight excluding hydrogens is 350 g/mol. The van der Waals surface area contributed by atoms with Crippen LogP contribution in [0, 0.1) is 0 Å². The van der Waals surface area contributed by atoms with Crippen LogP contribution in [0.1, 0.15) is 43.9 Å². The number of pyridine rings is 1. The summed E-state index contributed by atoms with van der Waals surface area (Å²) in [4.78, 5) is 21.0. The summed E-state index contributed by atoms with van der Waals surface area (Å²) < 4.78 is 5.95. The normalized spacial score (nSPS) is 22.5. The maximum Gasteiger partial charge on any atom is 0.219 e. The van der Waals surface area contributed by atoms with Crippen molar-refractivity contribution in [3.63, 3.8) is 0 Å². The highest BCUT2D eigenvalue weighted by Crippen LogP contribution is 2.31. The number of carbonyl (C=O) groups is 1. The molecule has 0 unspecified atom stereocenters. The molecule has 0 radical (unpaired) electrons. The Morgan fingerprint density at radius 2 is 2.04 bits per heavy atom. The van der Waals surface area contributed by atoms with Gasteiger partial charge in [0, 0.05) is 38.3 Å². The van der Waals surface area contributed by atoms with Crippen LogP contribution in [0.25, 0.3) is 0 Å². The monoisotopic (exact) mass is 379 g/mol. The Bertz CT molecular complexity index is 795. The van der Waals surface area contributed by atoms with Crippen LogP contribution in [-0.2, 0) is 17.9 Å². The van der Waals surface area contributed by atoms with Crippen LogP contribution < -0.4 is 4.74 Å². The van der Waals surface area contributed by atoms with Crippen LogP contribution >= 0.6 is 0 Å². The molecule has 2 aromatic rings. The smallest absolute Gasteiger partial charge is 0.219 e. The lowest BCUT2D eigenvalue weighted by Crippen LogP contribution is -2.44. The second-order valence-electron chi connectivity index (χ2n) is 7.86. The van der Waals surface area contributed by atoms with Gasteiger partial charge in [-0.15, -0.1) is 0 Å². The van der Waals surface area contributed by atoms with E-state index in [1.54, 1.807) is 13.1 Å². The third-order valence-corrected chi connectivity index (χ3v) is 5.98. The summed E-state index contributed by atoms with van der Waals surface area (Å²) in [6, 6.07) is 15.1. The molecule has 3 heterocycles. The van der Waals surface area contributed by atoms with Crippen LogP contribution in [0.2, 0.25) is 0 Å². The van der Waals surface area contributed by atoms with E-state index in [0.717, 1.165) is 43.9 Å². The topological polar surface area (TPSA) is 45.7 Å². The molecule has 0 N–H and O–H groups in total. The van der Waals surface area contributed by atoms with Crippen LogP contribution in [0.4, 0.5) is 0 Å². The maximum atomic E-state index is 12.0. The lowest BCUT2D eigenvalue weighted by molar-refractivity contribution is -0.130. The number of carbonyl (C=O) groups excluding carboxylic acids is 1. The molecule has 28 heavy (non-hydrogen) atoms. The fourth-order valence-electron chi connectivity index (χ4n) is 4.64. The molecule has 0 saturated carbocycles. The SMILES string of the molecule is CC(=O)N1CC[C@@H]2[C@H]1CCCCN2Cc1cccc(OCc2ccccn2)c1. The van der Waals surface area contributed by atoms with Crippen molar-refractivity contribution in [2.45, 2.75) is 57.8 Å². The molecule has 2 aliphatic heterocycles. The van der Waals surface area contributed by atoms with E-state index in [0.29, 0.717) is 18.7 Å². The summed E-state index contributed by atoms with van der Waals surface area (Å²) in [5.74, 6) is 1.10. The van der Waals surface area contributed by atoms with Crippen molar-refractivity contribution in [1.82, 2.24) is 14.8 Å². The quantitative estimate of drug-likeness (QED) is 0.796. The van der Waals surface area contributed by atoms with Gasteiger partial charge in [0.25, 0.3) is 0 Å². The van der Waals surface area contributed by atoms with E-state index in [1.165, 1.54) is 18.4 Å². The zero-order valence-corrected chi connectivity index (χ0v) is 16.6. The number of aromatic nitrogens is 1. The first-order valence-corrected chi connectivity index (χ1v) is 10.3. The highest BCUT2D eigenvalue weighted by Gasteiger charge is 2.39. The predicted octanol–water partition coefficient (Wildman–Crippen LogP) is 3.64. The third-order valence-electron chi connectivity index (χ3n) is 5.98. The number of nitrogens with zero attached hydrogens (tertiary/aromatic N) is 3. The molecule has 1 aromatic carbocycles. The van der Waals surface area contributed by atoms with Gasteiger partial charge in [-0.25, -0.2) is 0 Å². The molecule has 4 rings (SSSR count). The second-order valence-corrected chi connectivity index (χ2v) is 7.86. The fraction of sp³-hybridized carbons (Fsp3) is 0.478. The Kier molecular flexibility index (Phi) is 5.91. The molecule has 0 aliphatic carbocycles. The first-order chi connectivity index (χ1) is 13.7. The van der Waals surface area contributed by atoms with E-state index in [9.17, 15) is 4.79 Å². The Morgan fingerprint density at radius 1 is 1.11 bits per heavy atom. The molecular formula is C23H29N3O2. The summed E-state index contributed by atoms with van der Waals surface area (Å²) in [7, 11) is 0. The van der Waals surface area contributed by atoms with E-state index in [1.807, 2.05) is 24.3 Å². The van der Waals surface area contributed by atoms with Gasteiger partial charge in [-0.05, 0) is 55.6 Å². The van der Waals surface area contributed by atoms with E-state index >= 15 is 0 Å². The molecule has 1 aromatic heterocycles. The van der Waals surface area contributed by atoms with Crippen molar-refractivity contribution in [2.75, 3.05) is 13.1 Å². The van der Waals surface area contributed by atoms with E-state index < -0.39 is 0 Å². The number of amides is 1. The Labute approximate surface area is 167 Å². The average Bonchev–Trinajstić information content (AvgIpc) is 3.05. The Hall–Kier alpha value is -2.40. The molecule has 2 atom stereocenters. The van der Waals surface area contributed by atoms with Crippen LogP contribution in [0.15, 0.2) is 48.7 Å². The highest BCUT2D eigenvalue weighted by atomic mass is 16.5. The molecule has 5 nitrogen and oxygen atoms in total. The molecule has 148 valence electrons. The van der Waals surface area contributed by atoms with Crippen LogP contribution in [-0.4, -0.2) is 45.9 Å². The molecule has 2 aliphatic rings. The molecule has 0 bridgehead atoms. The van der Waals surface area contributed by atoms with Crippen molar-refractivity contribution >= 4 is 5.91 Å². The summed E-state index contributed by atoms with van der Waals surface area (Å²) in [6.45, 7) is 5.10. The predicted molar refractivity (Wildman–Crippen MR) is 109 cm³/mol. The minimum atomic E-state index is 0.222. The molecule has 1 amide bonds. The fourth-order valence-corrected chi connectivity index (χ4v) is 4.64. The Morgan fingerprint density at radius 3 is 2.86 bits per heavy atom. The van der Waals surface area contributed by atoms with Gasteiger partial charge < -0.3 is 9.64 Å². The summed E-state index contributed by atoms with van der Waals surface area (Å²) in [6.07, 6.45) is 6.41. The van der Waals surface area contributed by atoms with Gasteiger partial charge in [-0.2, -0.15) is 0 Å². The molecule has 2 saturated heterocycles. The van der Waals surface area contributed by atoms with Gasteiger partial charge in [0.05, 0.1) is 5.69 Å². The summed E-state index contributed by atoms with van der Waals surface area (Å²) >= 11 is 0. The minimum Gasteiger partial charge on any atom is -0.487 e. The number of hydrogen-bond donors (Lipinski definition) is 0. The number of likely N-dealkylation sites (tertiary alicyclic amines) is 2. The van der Waals surface area contributed by atoms with Crippen molar-refractivity contribution < 1.29 is 9.53 Å². The van der Waals surface area contributed by atoms with E-state index in [2.05, 4.69) is 33.0 Å². The summed E-state index contributed by atoms with van der Waals surface area (Å²) in [5, 5.41) is 0. The highest BCUT2D eigenvalue weighted by molar-refractivity contribution is 5.74. The first kappa shape index (κ1) is 18.9. The average molecular weight is 380 g/mol. The Balaban J connectivity index is 1.42. The number of fused-ring (bicyclic) bond motifs is 1.